The van der Waals surface area contributed by atoms with Gasteiger partial charge in [-0.05, 0) is 77.9 Å². The topological polar surface area (TPSA) is 262 Å². The molecule has 0 atom stereocenters. The Bertz CT molecular complexity index is 2830. The Hall–Kier alpha value is -8.13. The van der Waals surface area contributed by atoms with E-state index in [0.717, 1.165) is 0 Å². The Kier molecular flexibility index (Phi) is 20.3. The summed E-state index contributed by atoms with van der Waals surface area (Å²) >= 11 is 5.16. The van der Waals surface area contributed by atoms with Crippen LogP contribution in [0.25, 0.3) is 22.1 Å². The monoisotopic (exact) mass is 998 g/mol. The van der Waals surface area contributed by atoms with Gasteiger partial charge in [-0.1, -0.05) is 72.3 Å². The molecule has 0 saturated carbocycles. The van der Waals surface area contributed by atoms with Crippen LogP contribution in [-0.4, -0.2) is 98.6 Å². The van der Waals surface area contributed by atoms with Crippen molar-refractivity contribution in [3.63, 3.8) is 0 Å². The number of hydrogen-bond donors (Lipinski definition) is 3. The smallest absolute Gasteiger partial charge is 0.413 e. The Morgan fingerprint density at radius 2 is 1.04 bits per heavy atom. The van der Waals surface area contributed by atoms with Gasteiger partial charge in [0, 0.05) is 22.3 Å². The molecule has 0 aliphatic heterocycles. The van der Waals surface area contributed by atoms with E-state index < -0.39 is 47.3 Å². The lowest BCUT2D eigenvalue weighted by Gasteiger charge is -2.19. The minimum Gasteiger partial charge on any atom is -0.460 e. The summed E-state index contributed by atoms with van der Waals surface area (Å²) in [5.41, 5.74) is 3.17. The van der Waals surface area contributed by atoms with Gasteiger partial charge in [0.2, 0.25) is 11.9 Å². The molecule has 2 heterocycles. The number of imidazole rings is 2. The van der Waals surface area contributed by atoms with E-state index in [0.29, 0.717) is 44.3 Å². The zero-order chi connectivity index (χ0) is 52.3. The van der Waals surface area contributed by atoms with Gasteiger partial charge in [0.1, 0.15) is 11.2 Å². The first kappa shape index (κ1) is 55.5. The number of anilines is 2. The van der Waals surface area contributed by atoms with Gasteiger partial charge < -0.3 is 33.4 Å². The van der Waals surface area contributed by atoms with Gasteiger partial charge in [-0.15, -0.1) is 0 Å². The fourth-order valence-electron chi connectivity index (χ4n) is 6.04. The van der Waals surface area contributed by atoms with Crippen molar-refractivity contribution in [1.29, 1.82) is 0 Å². The molecule has 3 N–H and O–H groups in total. The average molecular weight is 999 g/mol. The van der Waals surface area contributed by atoms with E-state index in [2.05, 4.69) is 39.8 Å². The molecule has 6 rings (SSSR count). The van der Waals surface area contributed by atoms with E-state index in [9.17, 15) is 38.4 Å². The number of ketones is 2. The number of benzene rings is 4. The van der Waals surface area contributed by atoms with Crippen molar-refractivity contribution in [2.45, 2.75) is 85.2 Å². The van der Waals surface area contributed by atoms with Crippen molar-refractivity contribution >= 4 is 93.2 Å². The highest BCUT2D eigenvalue weighted by Crippen LogP contribution is 2.24. The number of alkyl halides is 1. The van der Waals surface area contributed by atoms with E-state index in [1.807, 2.05) is 24.3 Å². The van der Waals surface area contributed by atoms with Crippen molar-refractivity contribution in [3.8, 4) is 0 Å². The summed E-state index contributed by atoms with van der Waals surface area (Å²) in [6.45, 7) is 10.2. The van der Waals surface area contributed by atoms with Crippen LogP contribution in [0.1, 0.15) is 99.1 Å². The molecule has 21 heteroatoms. The Morgan fingerprint density at radius 3 is 1.55 bits per heavy atom. The second-order valence-electron chi connectivity index (χ2n) is 17.0. The van der Waals surface area contributed by atoms with Gasteiger partial charge in [0.05, 0.1) is 62.0 Å². The molecule has 0 fully saturated rings. The molecule has 20 nitrogen and oxygen atoms in total. The number of nitrogens with one attached hydrogen (secondary N) is 3. The number of carbonyl (C=O) groups is 8. The van der Waals surface area contributed by atoms with Gasteiger partial charge in [0.25, 0.3) is 0 Å². The van der Waals surface area contributed by atoms with Crippen LogP contribution < -0.4 is 10.6 Å². The van der Waals surface area contributed by atoms with Gasteiger partial charge in [-0.25, -0.2) is 19.6 Å². The molecule has 0 saturated heterocycles. The lowest BCUT2D eigenvalue weighted by Crippen LogP contribution is -2.24. The summed E-state index contributed by atoms with van der Waals surface area (Å²) in [5.74, 6) is -1.96. The third kappa shape index (κ3) is 18.4. The first-order valence-electron chi connectivity index (χ1n) is 21.8. The SMILES string of the molecule is CC(C)(C)OC(=O)CCC(=O)OCCl.COC(=O)Nc1nc2cc(C(=O)c3ccccc3)ccc2n1COC(=O)CCC(=O)OC(C)(C)C.COC(=O)Nc1nc2ccc(C(=O)c3ccccc3)cc2[nH]1. The molecule has 376 valence electrons. The molecular formula is C50H55ClN6O14. The minimum atomic E-state index is -0.765. The highest BCUT2D eigenvalue weighted by molar-refractivity contribution is 6.17. The van der Waals surface area contributed by atoms with Gasteiger partial charge in [0.15, 0.2) is 24.4 Å². The Balaban J connectivity index is 0.000000258. The first-order chi connectivity index (χ1) is 33.6. The van der Waals surface area contributed by atoms with Crippen molar-refractivity contribution in [1.82, 2.24) is 19.5 Å². The maximum Gasteiger partial charge on any atom is 0.413 e. The molecule has 4 aromatic carbocycles. The van der Waals surface area contributed by atoms with Crippen LogP contribution in [0.5, 0.6) is 0 Å². The van der Waals surface area contributed by atoms with Gasteiger partial charge in [-0.3, -0.25) is 44.0 Å². The fraction of sp³-hybridized carbons (Fsp3) is 0.320. The van der Waals surface area contributed by atoms with E-state index >= 15 is 0 Å². The van der Waals surface area contributed by atoms with Crippen molar-refractivity contribution in [3.05, 3.63) is 119 Å². The van der Waals surface area contributed by atoms with Gasteiger partial charge >= 0.3 is 36.1 Å². The molecular weight excluding hydrogens is 944 g/mol. The van der Waals surface area contributed by atoms with Crippen LogP contribution in [0.15, 0.2) is 97.1 Å². The highest BCUT2D eigenvalue weighted by atomic mass is 35.5. The Morgan fingerprint density at radius 1 is 0.563 bits per heavy atom. The van der Waals surface area contributed by atoms with Crippen LogP contribution in [0.4, 0.5) is 21.5 Å². The third-order valence-corrected chi connectivity index (χ3v) is 9.22. The second kappa shape index (κ2) is 26.0. The van der Waals surface area contributed by atoms with Crippen molar-refractivity contribution in [2.75, 3.05) is 30.9 Å². The fourth-order valence-corrected chi connectivity index (χ4v) is 6.17. The molecule has 2 aromatic heterocycles. The molecule has 0 radical (unpaired) electrons. The van der Waals surface area contributed by atoms with E-state index in [1.165, 1.54) is 18.8 Å². The maximum atomic E-state index is 12.8. The number of carbonyl (C=O) groups excluding carboxylic acids is 8. The third-order valence-electron chi connectivity index (χ3n) is 9.11. The highest BCUT2D eigenvalue weighted by Gasteiger charge is 2.21. The van der Waals surface area contributed by atoms with Crippen LogP contribution in [-0.2, 0) is 54.3 Å². The van der Waals surface area contributed by atoms with Crippen LogP contribution in [0.3, 0.4) is 0 Å². The molecule has 0 spiro atoms. The largest absolute Gasteiger partial charge is 0.460 e. The van der Waals surface area contributed by atoms with Crippen molar-refractivity contribution in [2.24, 2.45) is 0 Å². The van der Waals surface area contributed by atoms with Crippen LogP contribution in [0.2, 0.25) is 0 Å². The molecule has 0 bridgehead atoms. The molecule has 6 aromatic rings. The number of nitrogens with zero attached hydrogens (tertiary/aromatic N) is 3. The lowest BCUT2D eigenvalue weighted by molar-refractivity contribution is -0.159. The zero-order valence-electron chi connectivity index (χ0n) is 40.4. The summed E-state index contributed by atoms with van der Waals surface area (Å²) in [6, 6.07) is 27.7. The average Bonchev–Trinajstić information content (AvgIpc) is 3.90. The normalized spacial score (nSPS) is 10.8. The number of methoxy groups -OCH3 is 2. The molecule has 71 heavy (non-hydrogen) atoms. The standard InChI is InChI=1S/C25H27N3O7.C16H13N3O3.C9H15ClO4/c1-25(2,3)35-21(30)13-12-20(29)34-15-28-19-11-10-17(22(31)16-8-6-5-7-9-16)14-18(19)26-23(28)27-24(32)33-4;1-22-16(21)19-15-17-12-8-7-11(9-13(12)18-15)14(20)10-5-3-2-4-6-10;1-9(2,3)14-8(12)5-4-7(11)13-6-10/h5-11,14H,12-13,15H2,1-4H3,(H,26,27,32);2-9H,1H3,(H2,17,18,19,21);4-6H2,1-3H3. The van der Waals surface area contributed by atoms with Gasteiger partial charge in [-0.2, -0.15) is 0 Å². The summed E-state index contributed by atoms with van der Waals surface area (Å²) in [7, 11) is 2.48. The predicted molar refractivity (Wildman–Crippen MR) is 261 cm³/mol. The minimum absolute atomic E-state index is 0.00162. The number of ether oxygens (including phenoxy) is 6. The van der Waals surface area contributed by atoms with E-state index in [4.69, 9.17) is 25.8 Å². The lowest BCUT2D eigenvalue weighted by atomic mass is 10.0. The summed E-state index contributed by atoms with van der Waals surface area (Å²) in [5, 5.41) is 4.92. The number of amides is 2. The Labute approximate surface area is 413 Å². The number of H-pyrrole nitrogens is 1. The number of esters is 4. The van der Waals surface area contributed by atoms with E-state index in [-0.39, 0.29) is 61.9 Å². The van der Waals surface area contributed by atoms with E-state index in [1.54, 1.807) is 114 Å². The van der Waals surface area contributed by atoms with Crippen LogP contribution >= 0.6 is 11.6 Å². The number of hydrogen-bond acceptors (Lipinski definition) is 16. The maximum absolute atomic E-state index is 12.8. The molecule has 2 amide bonds. The number of aromatic amines is 1. The summed E-state index contributed by atoms with van der Waals surface area (Å²) < 4.78 is 30.5. The predicted octanol–water partition coefficient (Wildman–Crippen LogP) is 8.89. The second-order valence-corrected chi connectivity index (χ2v) is 17.2. The van der Waals surface area contributed by atoms with Crippen molar-refractivity contribution < 1.29 is 66.8 Å². The molecule has 0 unspecified atom stereocenters. The number of rotatable bonds is 15. The summed E-state index contributed by atoms with van der Waals surface area (Å²) in [4.78, 5) is 106. The number of halogens is 1. The number of fused-ring (bicyclic) bond motifs is 2. The summed E-state index contributed by atoms with van der Waals surface area (Å²) in [6.07, 6.45) is -1.65. The quantitative estimate of drug-likeness (QED) is 0.0375. The zero-order valence-corrected chi connectivity index (χ0v) is 41.2. The van der Waals surface area contributed by atoms with Crippen LogP contribution in [0, 0.1) is 0 Å². The molecule has 0 aliphatic rings. The molecule has 0 aliphatic carbocycles. The first-order valence-corrected chi connectivity index (χ1v) is 22.3. The number of aromatic nitrogens is 4.